The second kappa shape index (κ2) is 7.00. The molecule has 0 saturated heterocycles. The summed E-state index contributed by atoms with van der Waals surface area (Å²) in [6.45, 7) is 5.17. The molecule has 8 heteroatoms. The van der Waals surface area contributed by atoms with E-state index >= 15 is 0 Å². The summed E-state index contributed by atoms with van der Waals surface area (Å²) in [6, 6.07) is 2.11. The summed E-state index contributed by atoms with van der Waals surface area (Å²) in [5, 5.41) is 5.98. The van der Waals surface area contributed by atoms with Crippen molar-refractivity contribution in [2.45, 2.75) is 32.5 Å². The van der Waals surface area contributed by atoms with Crippen LogP contribution in [0.15, 0.2) is 20.4 Å². The molecule has 0 aliphatic rings. The third kappa shape index (κ3) is 4.82. The highest BCUT2D eigenvalue weighted by molar-refractivity contribution is 9.10. The second-order valence-electron chi connectivity index (χ2n) is 5.14. The topological polar surface area (TPSA) is 68.2 Å². The van der Waals surface area contributed by atoms with Gasteiger partial charge >= 0.3 is 0 Å². The minimum absolute atomic E-state index is 0. The lowest BCUT2D eigenvalue weighted by Crippen LogP contribution is -2.30. The molecule has 5 nitrogen and oxygen atoms in total. The maximum absolute atomic E-state index is 5.93. The number of thiophene rings is 1. The van der Waals surface area contributed by atoms with Gasteiger partial charge in [0.1, 0.15) is 0 Å². The average Bonchev–Trinajstić information content (AvgIpc) is 2.87. The highest BCUT2D eigenvalue weighted by Gasteiger charge is 2.21. The first-order chi connectivity index (χ1) is 8.84. The number of hydrogen-bond acceptors (Lipinski definition) is 6. The van der Waals surface area contributed by atoms with Crippen LogP contribution >= 0.6 is 39.7 Å². The average molecular weight is 382 g/mol. The maximum atomic E-state index is 5.93. The van der Waals surface area contributed by atoms with Crippen LogP contribution in [-0.2, 0) is 18.6 Å². The molecule has 2 aromatic heterocycles. The zero-order valence-electron chi connectivity index (χ0n) is 11.6. The third-order valence-electron chi connectivity index (χ3n) is 2.50. The molecule has 2 heterocycles. The Hall–Kier alpha value is -0.470. The number of nitrogens with two attached hydrogens (primary N) is 1. The molecule has 0 spiro atoms. The van der Waals surface area contributed by atoms with E-state index in [1.54, 1.807) is 11.3 Å². The Bertz CT molecular complexity index is 552. The monoisotopic (exact) mass is 380 g/mol. The van der Waals surface area contributed by atoms with Crippen LogP contribution in [0.1, 0.15) is 30.4 Å². The van der Waals surface area contributed by atoms with Gasteiger partial charge in [-0.2, -0.15) is 4.98 Å². The molecule has 0 radical (unpaired) electrons. The molecule has 0 unspecified atom stereocenters. The highest BCUT2D eigenvalue weighted by Crippen LogP contribution is 2.21. The van der Waals surface area contributed by atoms with E-state index in [4.69, 9.17) is 10.3 Å². The quantitative estimate of drug-likeness (QED) is 0.861. The number of rotatable bonds is 5. The van der Waals surface area contributed by atoms with Crippen LogP contribution in [-0.4, -0.2) is 22.1 Å². The first-order valence-corrected chi connectivity index (χ1v) is 7.55. The van der Waals surface area contributed by atoms with Crippen molar-refractivity contribution in [3.63, 3.8) is 0 Å². The van der Waals surface area contributed by atoms with Gasteiger partial charge in [-0.15, -0.1) is 23.7 Å². The molecule has 0 aromatic carbocycles. The molecule has 0 atom stereocenters. The predicted molar refractivity (Wildman–Crippen MR) is 85.9 cm³/mol. The van der Waals surface area contributed by atoms with Gasteiger partial charge in [0.15, 0.2) is 5.82 Å². The first kappa shape index (κ1) is 17.6. The molecule has 0 bridgehead atoms. The fourth-order valence-corrected chi connectivity index (χ4v) is 3.10. The molecule has 0 amide bonds. The molecule has 0 aliphatic carbocycles. The molecular formula is C12H18BrClN4OS. The van der Waals surface area contributed by atoms with Gasteiger partial charge < -0.3 is 10.3 Å². The SMILES string of the molecule is CN(Cc1nc(C(C)(C)N)no1)Cc1cc(Br)cs1.Cl. The summed E-state index contributed by atoms with van der Waals surface area (Å²) < 4.78 is 6.33. The van der Waals surface area contributed by atoms with E-state index in [0.717, 1.165) is 11.0 Å². The van der Waals surface area contributed by atoms with Crippen molar-refractivity contribution >= 4 is 39.7 Å². The normalized spacial score (nSPS) is 11.7. The number of hydrogen-bond donors (Lipinski definition) is 1. The first-order valence-electron chi connectivity index (χ1n) is 5.88. The van der Waals surface area contributed by atoms with Gasteiger partial charge in [0.25, 0.3) is 0 Å². The minimum atomic E-state index is -0.570. The summed E-state index contributed by atoms with van der Waals surface area (Å²) >= 11 is 5.17. The number of halogens is 2. The molecule has 2 rings (SSSR count). The lowest BCUT2D eigenvalue weighted by molar-refractivity contribution is 0.261. The van der Waals surface area contributed by atoms with E-state index in [-0.39, 0.29) is 12.4 Å². The molecule has 112 valence electrons. The van der Waals surface area contributed by atoms with Gasteiger partial charge in [-0.05, 0) is 42.9 Å². The van der Waals surface area contributed by atoms with E-state index < -0.39 is 5.54 Å². The van der Waals surface area contributed by atoms with E-state index in [2.05, 4.69) is 42.4 Å². The van der Waals surface area contributed by atoms with E-state index in [1.165, 1.54) is 4.88 Å². The van der Waals surface area contributed by atoms with Gasteiger partial charge in [-0.25, -0.2) is 0 Å². The fraction of sp³-hybridized carbons (Fsp3) is 0.500. The van der Waals surface area contributed by atoms with Crippen LogP contribution in [0, 0.1) is 0 Å². The molecule has 2 N–H and O–H groups in total. The van der Waals surface area contributed by atoms with E-state index in [1.807, 2.05) is 20.9 Å². The van der Waals surface area contributed by atoms with Crippen molar-refractivity contribution in [3.8, 4) is 0 Å². The predicted octanol–water partition coefficient (Wildman–Crippen LogP) is 3.14. The van der Waals surface area contributed by atoms with Gasteiger partial charge in [-0.1, -0.05) is 5.16 Å². The van der Waals surface area contributed by atoms with Crippen LogP contribution in [0.2, 0.25) is 0 Å². The Labute approximate surface area is 137 Å². The summed E-state index contributed by atoms with van der Waals surface area (Å²) in [5.41, 5.74) is 5.35. The van der Waals surface area contributed by atoms with E-state index in [0.29, 0.717) is 18.3 Å². The van der Waals surface area contributed by atoms with Crippen LogP contribution in [0.25, 0.3) is 0 Å². The van der Waals surface area contributed by atoms with Gasteiger partial charge in [0.05, 0.1) is 12.1 Å². The Morgan fingerprint density at radius 3 is 2.65 bits per heavy atom. The molecule has 0 saturated carbocycles. The van der Waals surface area contributed by atoms with Crippen LogP contribution in [0.3, 0.4) is 0 Å². The molecule has 2 aromatic rings. The number of nitrogens with zero attached hydrogens (tertiary/aromatic N) is 3. The van der Waals surface area contributed by atoms with Crippen molar-refractivity contribution < 1.29 is 4.52 Å². The van der Waals surface area contributed by atoms with Crippen LogP contribution < -0.4 is 5.73 Å². The van der Waals surface area contributed by atoms with Crippen LogP contribution in [0.4, 0.5) is 0 Å². The van der Waals surface area contributed by atoms with Crippen molar-refractivity contribution in [1.29, 1.82) is 0 Å². The van der Waals surface area contributed by atoms with Gasteiger partial charge in [0.2, 0.25) is 5.89 Å². The Balaban J connectivity index is 0.00000200. The van der Waals surface area contributed by atoms with Crippen molar-refractivity contribution in [1.82, 2.24) is 15.0 Å². The second-order valence-corrected chi connectivity index (χ2v) is 7.05. The van der Waals surface area contributed by atoms with Gasteiger partial charge in [-0.3, -0.25) is 4.90 Å². The summed E-state index contributed by atoms with van der Waals surface area (Å²) in [7, 11) is 2.02. The molecular weight excluding hydrogens is 364 g/mol. The lowest BCUT2D eigenvalue weighted by Gasteiger charge is -2.13. The highest BCUT2D eigenvalue weighted by atomic mass is 79.9. The van der Waals surface area contributed by atoms with Crippen molar-refractivity contribution in [2.24, 2.45) is 5.73 Å². The zero-order chi connectivity index (χ0) is 14.0. The lowest BCUT2D eigenvalue weighted by atomic mass is 10.1. The van der Waals surface area contributed by atoms with E-state index in [9.17, 15) is 0 Å². The number of aromatic nitrogens is 2. The van der Waals surface area contributed by atoms with Crippen LogP contribution in [0.5, 0.6) is 0 Å². The molecule has 0 fully saturated rings. The van der Waals surface area contributed by atoms with Crippen molar-refractivity contribution in [2.75, 3.05) is 7.05 Å². The molecule has 0 aliphatic heterocycles. The molecule has 20 heavy (non-hydrogen) atoms. The van der Waals surface area contributed by atoms with Crippen molar-refractivity contribution in [3.05, 3.63) is 32.5 Å². The Morgan fingerprint density at radius 1 is 1.45 bits per heavy atom. The maximum Gasteiger partial charge on any atom is 0.240 e. The fourth-order valence-electron chi connectivity index (χ4n) is 1.57. The minimum Gasteiger partial charge on any atom is -0.338 e. The Morgan fingerprint density at radius 2 is 2.15 bits per heavy atom. The standard InChI is InChI=1S/C12H17BrN4OS.ClH/c1-12(2,14)11-15-10(18-16-11)6-17(3)5-9-4-8(13)7-19-9;/h4,7H,5-6,14H2,1-3H3;1H. The summed E-state index contributed by atoms with van der Waals surface area (Å²) in [5.74, 6) is 1.13. The Kier molecular flexibility index (Phi) is 6.15. The van der Waals surface area contributed by atoms with Gasteiger partial charge in [0, 0.05) is 21.3 Å². The summed E-state index contributed by atoms with van der Waals surface area (Å²) in [6.07, 6.45) is 0. The zero-order valence-corrected chi connectivity index (χ0v) is 14.8. The largest absolute Gasteiger partial charge is 0.338 e. The smallest absolute Gasteiger partial charge is 0.240 e. The summed E-state index contributed by atoms with van der Waals surface area (Å²) in [4.78, 5) is 7.73. The third-order valence-corrected chi connectivity index (χ3v) is 4.18.